The van der Waals surface area contributed by atoms with E-state index in [-0.39, 0.29) is 5.69 Å². The molecule has 2 heterocycles. The second-order valence-electron chi connectivity index (χ2n) is 4.15. The van der Waals surface area contributed by atoms with E-state index in [9.17, 15) is 13.6 Å². The number of hydrogen-bond acceptors (Lipinski definition) is 3. The Balaban J connectivity index is 1.91. The van der Waals surface area contributed by atoms with Crippen molar-refractivity contribution in [2.24, 2.45) is 0 Å². The Kier molecular flexibility index (Phi) is 3.19. The highest BCUT2D eigenvalue weighted by molar-refractivity contribution is 6.06. The molecule has 3 aromatic rings. The van der Waals surface area contributed by atoms with Crippen molar-refractivity contribution in [1.82, 2.24) is 20.2 Å². The summed E-state index contributed by atoms with van der Waals surface area (Å²) in [7, 11) is 0. The Morgan fingerprint density at radius 3 is 2.67 bits per heavy atom. The molecule has 21 heavy (non-hydrogen) atoms. The minimum absolute atomic E-state index is 0.262. The van der Waals surface area contributed by atoms with E-state index >= 15 is 0 Å². The van der Waals surface area contributed by atoms with Crippen LogP contribution in [0.4, 0.5) is 14.5 Å². The van der Waals surface area contributed by atoms with Crippen molar-refractivity contribution >= 4 is 11.6 Å². The Morgan fingerprint density at radius 1 is 1.24 bits per heavy atom. The van der Waals surface area contributed by atoms with E-state index in [0.717, 1.165) is 12.1 Å². The largest absolute Gasteiger partial charge is 0.343 e. The van der Waals surface area contributed by atoms with Gasteiger partial charge >= 0.3 is 0 Å². The molecule has 0 atom stereocenters. The zero-order valence-electron chi connectivity index (χ0n) is 10.5. The number of benzene rings is 1. The molecule has 0 aliphatic heterocycles. The van der Waals surface area contributed by atoms with E-state index in [0.29, 0.717) is 11.5 Å². The number of halogens is 2. The second kappa shape index (κ2) is 5.16. The van der Waals surface area contributed by atoms with Crippen LogP contribution < -0.4 is 5.32 Å². The number of carbonyl (C=O) groups is 1. The topological polar surface area (TPSA) is 86.5 Å². The van der Waals surface area contributed by atoms with Gasteiger partial charge in [-0.25, -0.2) is 13.8 Å². The number of H-pyrrole nitrogens is 2. The van der Waals surface area contributed by atoms with Gasteiger partial charge in [0.15, 0.2) is 5.82 Å². The van der Waals surface area contributed by atoms with Crippen LogP contribution >= 0.6 is 0 Å². The van der Waals surface area contributed by atoms with Gasteiger partial charge in [0.1, 0.15) is 22.9 Å². The van der Waals surface area contributed by atoms with Crippen LogP contribution in [0.3, 0.4) is 0 Å². The molecule has 1 amide bonds. The quantitative estimate of drug-likeness (QED) is 0.691. The maximum absolute atomic E-state index is 13.6. The predicted octanol–water partition coefficient (Wildman–Crippen LogP) is 2.33. The SMILES string of the molecule is O=C(Nc1cn[nH]c1-c1ncc[nH]1)c1c(F)cccc1F. The lowest BCUT2D eigenvalue weighted by Gasteiger charge is -2.06. The molecule has 1 aromatic carbocycles. The van der Waals surface area contributed by atoms with Gasteiger partial charge in [0.05, 0.1) is 11.9 Å². The number of hydrogen-bond donors (Lipinski definition) is 3. The number of rotatable bonds is 3. The summed E-state index contributed by atoms with van der Waals surface area (Å²) < 4.78 is 27.1. The Morgan fingerprint density at radius 2 is 2.00 bits per heavy atom. The van der Waals surface area contributed by atoms with Gasteiger partial charge in [0, 0.05) is 12.4 Å². The van der Waals surface area contributed by atoms with Crippen LogP contribution in [-0.2, 0) is 0 Å². The summed E-state index contributed by atoms with van der Waals surface area (Å²) >= 11 is 0. The van der Waals surface area contributed by atoms with Gasteiger partial charge in [-0.15, -0.1) is 0 Å². The van der Waals surface area contributed by atoms with Gasteiger partial charge in [-0.05, 0) is 12.1 Å². The average molecular weight is 289 g/mol. The normalized spacial score (nSPS) is 10.6. The van der Waals surface area contributed by atoms with E-state index in [4.69, 9.17) is 0 Å². The minimum Gasteiger partial charge on any atom is -0.343 e. The number of anilines is 1. The third kappa shape index (κ3) is 2.38. The van der Waals surface area contributed by atoms with Crippen molar-refractivity contribution in [3.8, 4) is 11.5 Å². The summed E-state index contributed by atoms with van der Waals surface area (Å²) in [6.07, 6.45) is 4.45. The monoisotopic (exact) mass is 289 g/mol. The fourth-order valence-electron chi connectivity index (χ4n) is 1.86. The van der Waals surface area contributed by atoms with Crippen LogP contribution in [0, 0.1) is 11.6 Å². The van der Waals surface area contributed by atoms with Gasteiger partial charge in [-0.3, -0.25) is 9.89 Å². The van der Waals surface area contributed by atoms with E-state index in [1.165, 1.54) is 18.5 Å². The van der Waals surface area contributed by atoms with Crippen molar-refractivity contribution in [2.45, 2.75) is 0 Å². The molecular formula is C13H9F2N5O. The summed E-state index contributed by atoms with van der Waals surface area (Å²) in [5, 5.41) is 8.83. The molecule has 0 saturated carbocycles. The summed E-state index contributed by atoms with van der Waals surface area (Å²) in [6.45, 7) is 0. The maximum atomic E-state index is 13.6. The van der Waals surface area contributed by atoms with Crippen LogP contribution in [0.1, 0.15) is 10.4 Å². The number of imidazole rings is 1. The van der Waals surface area contributed by atoms with Crippen LogP contribution in [0.5, 0.6) is 0 Å². The lowest BCUT2D eigenvalue weighted by Crippen LogP contribution is -2.16. The Hall–Kier alpha value is -3.03. The first-order valence-corrected chi connectivity index (χ1v) is 5.95. The highest BCUT2D eigenvalue weighted by atomic mass is 19.1. The predicted molar refractivity (Wildman–Crippen MR) is 70.5 cm³/mol. The molecule has 0 spiro atoms. The van der Waals surface area contributed by atoms with Crippen LogP contribution in [0.2, 0.25) is 0 Å². The lowest BCUT2D eigenvalue weighted by molar-refractivity contribution is 0.101. The van der Waals surface area contributed by atoms with Gasteiger partial charge in [-0.2, -0.15) is 5.10 Å². The van der Waals surface area contributed by atoms with E-state index in [1.807, 2.05) is 0 Å². The summed E-state index contributed by atoms with van der Waals surface area (Å²) in [6, 6.07) is 3.22. The van der Waals surface area contributed by atoms with Crippen molar-refractivity contribution in [2.75, 3.05) is 5.32 Å². The molecular weight excluding hydrogens is 280 g/mol. The number of aromatic nitrogens is 4. The molecule has 3 rings (SSSR count). The Labute approximate surface area is 117 Å². The summed E-state index contributed by atoms with van der Waals surface area (Å²) in [4.78, 5) is 18.9. The molecule has 2 aromatic heterocycles. The smallest absolute Gasteiger partial charge is 0.261 e. The zero-order valence-corrected chi connectivity index (χ0v) is 10.5. The first kappa shape index (κ1) is 13.0. The van der Waals surface area contributed by atoms with Crippen molar-refractivity contribution in [3.63, 3.8) is 0 Å². The zero-order chi connectivity index (χ0) is 14.8. The summed E-state index contributed by atoms with van der Waals surface area (Å²) in [5.41, 5.74) is 0.0202. The highest BCUT2D eigenvalue weighted by Gasteiger charge is 2.19. The molecule has 0 aliphatic carbocycles. The molecule has 106 valence electrons. The standard InChI is InChI=1S/C13H9F2N5O/c14-7-2-1-3-8(15)10(7)13(21)19-9-6-18-20-11(9)12-16-4-5-17-12/h1-6H,(H,16,17)(H,18,20)(H,19,21). The number of aromatic amines is 2. The average Bonchev–Trinajstić information content (AvgIpc) is 3.08. The van der Waals surface area contributed by atoms with Crippen molar-refractivity contribution in [3.05, 3.63) is 54.0 Å². The molecule has 6 nitrogen and oxygen atoms in total. The highest BCUT2D eigenvalue weighted by Crippen LogP contribution is 2.23. The van der Waals surface area contributed by atoms with Crippen LogP contribution in [0.25, 0.3) is 11.5 Å². The molecule has 0 unspecified atom stereocenters. The molecule has 0 radical (unpaired) electrons. The first-order valence-electron chi connectivity index (χ1n) is 5.95. The van der Waals surface area contributed by atoms with Gasteiger partial charge in [0.25, 0.3) is 5.91 Å². The minimum atomic E-state index is -0.935. The molecule has 0 aliphatic rings. The van der Waals surface area contributed by atoms with E-state index in [1.54, 1.807) is 6.20 Å². The van der Waals surface area contributed by atoms with E-state index in [2.05, 4.69) is 25.5 Å². The Bertz CT molecular complexity index is 761. The van der Waals surface area contributed by atoms with Crippen molar-refractivity contribution < 1.29 is 13.6 Å². The number of amides is 1. The molecule has 0 bridgehead atoms. The second-order valence-corrected chi connectivity index (χ2v) is 4.15. The third-order valence-electron chi connectivity index (χ3n) is 2.81. The molecule has 0 fully saturated rings. The maximum Gasteiger partial charge on any atom is 0.261 e. The van der Waals surface area contributed by atoms with Crippen LogP contribution in [-0.4, -0.2) is 26.1 Å². The number of nitrogens with zero attached hydrogens (tertiary/aromatic N) is 2. The lowest BCUT2D eigenvalue weighted by atomic mass is 10.2. The van der Waals surface area contributed by atoms with Gasteiger partial charge in [0.2, 0.25) is 0 Å². The van der Waals surface area contributed by atoms with Crippen molar-refractivity contribution in [1.29, 1.82) is 0 Å². The first-order chi connectivity index (χ1) is 10.2. The molecule has 3 N–H and O–H groups in total. The summed E-state index contributed by atoms with van der Waals surface area (Å²) in [5.74, 6) is -2.33. The fourth-order valence-corrected chi connectivity index (χ4v) is 1.86. The van der Waals surface area contributed by atoms with Crippen LogP contribution in [0.15, 0.2) is 36.8 Å². The third-order valence-corrected chi connectivity index (χ3v) is 2.81. The molecule has 0 saturated heterocycles. The molecule has 8 heteroatoms. The van der Waals surface area contributed by atoms with E-state index < -0.39 is 23.1 Å². The fraction of sp³-hybridized carbons (Fsp3) is 0. The number of carbonyl (C=O) groups excluding carboxylic acids is 1. The van der Waals surface area contributed by atoms with Gasteiger partial charge in [-0.1, -0.05) is 6.07 Å². The number of nitrogens with one attached hydrogen (secondary N) is 3. The van der Waals surface area contributed by atoms with Gasteiger partial charge < -0.3 is 10.3 Å².